The van der Waals surface area contributed by atoms with Crippen LogP contribution in [0.1, 0.15) is 52.5 Å². The number of amides is 1. The topological polar surface area (TPSA) is 99.8 Å². The summed E-state index contributed by atoms with van der Waals surface area (Å²) in [6.45, 7) is 2.97. The second kappa shape index (κ2) is 8.53. The Morgan fingerprint density at radius 2 is 2.00 bits per heavy atom. The Hall–Kier alpha value is -3.11. The van der Waals surface area contributed by atoms with E-state index in [4.69, 9.17) is 15.2 Å². The molecule has 10 heteroatoms. The van der Waals surface area contributed by atoms with Gasteiger partial charge in [0.05, 0.1) is 37.3 Å². The number of ether oxygens (including phenoxy) is 3. The van der Waals surface area contributed by atoms with E-state index in [0.717, 1.165) is 46.4 Å². The predicted octanol–water partition coefficient (Wildman–Crippen LogP) is 3.22. The van der Waals surface area contributed by atoms with Crippen LogP contribution >= 0.6 is 0 Å². The minimum Gasteiger partial charge on any atom is -0.417 e. The number of aromatic nitrogens is 2. The summed E-state index contributed by atoms with van der Waals surface area (Å²) in [5, 5.41) is 0. The number of pyridine rings is 2. The molecule has 1 fully saturated rings. The Bertz CT molecular complexity index is 1220. The molecule has 2 aromatic heterocycles. The number of halogens is 2. The van der Waals surface area contributed by atoms with Crippen LogP contribution in [0.2, 0.25) is 0 Å². The van der Waals surface area contributed by atoms with E-state index < -0.39 is 12.7 Å². The third-order valence-electron chi connectivity index (χ3n) is 7.57. The number of carbonyl (C=O) groups is 1. The van der Waals surface area contributed by atoms with Crippen LogP contribution in [0, 0.1) is 5.92 Å². The van der Waals surface area contributed by atoms with Crippen molar-refractivity contribution in [3.05, 3.63) is 57.9 Å². The number of rotatable bonds is 3. The Balaban J connectivity index is 1.31. The highest BCUT2D eigenvalue weighted by Crippen LogP contribution is 2.46. The molecule has 8 nitrogen and oxygen atoms in total. The molecule has 184 valence electrons. The number of nitrogens with zero attached hydrogens (tertiary/aromatic N) is 3. The van der Waals surface area contributed by atoms with E-state index in [0.29, 0.717) is 44.1 Å². The lowest BCUT2D eigenvalue weighted by Gasteiger charge is -2.46. The summed E-state index contributed by atoms with van der Waals surface area (Å²) in [5.74, 6) is 0.319. The molecule has 0 bridgehead atoms. The van der Waals surface area contributed by atoms with Gasteiger partial charge in [0, 0.05) is 36.9 Å². The summed E-state index contributed by atoms with van der Waals surface area (Å²) in [5.41, 5.74) is 12.2. The van der Waals surface area contributed by atoms with E-state index in [1.54, 1.807) is 6.07 Å². The van der Waals surface area contributed by atoms with Crippen LogP contribution in [0.4, 0.5) is 14.6 Å². The molecule has 2 N–H and O–H groups in total. The lowest BCUT2D eigenvalue weighted by Crippen LogP contribution is -2.50. The van der Waals surface area contributed by atoms with E-state index in [2.05, 4.69) is 21.3 Å². The molecule has 2 aromatic rings. The quantitative estimate of drug-likeness (QED) is 0.668. The fourth-order valence-corrected chi connectivity index (χ4v) is 5.97. The van der Waals surface area contributed by atoms with Crippen LogP contribution in [0.15, 0.2) is 24.3 Å². The number of nitrogens with two attached hydrogens (primary N) is 1. The number of piperidine rings is 1. The SMILES string of the molecule is C=C1Cc2nc(OC(F)F)ccc2[C@H]2C1CCCN2C(=O)[C@H]1Cc2c(nc(N)c3c2COC3)CO1. The fraction of sp³-hybridized carbons (Fsp3) is 0.480. The maximum absolute atomic E-state index is 13.9. The lowest BCUT2D eigenvalue weighted by molar-refractivity contribution is -0.151. The van der Waals surface area contributed by atoms with Gasteiger partial charge in [0.1, 0.15) is 11.9 Å². The molecule has 4 aliphatic rings. The van der Waals surface area contributed by atoms with Crippen LogP contribution in [-0.4, -0.2) is 40.0 Å². The Labute approximate surface area is 201 Å². The highest BCUT2D eigenvalue weighted by molar-refractivity contribution is 5.82. The van der Waals surface area contributed by atoms with Crippen molar-refractivity contribution in [3.63, 3.8) is 0 Å². The zero-order chi connectivity index (χ0) is 24.3. The first-order valence-corrected chi connectivity index (χ1v) is 11.8. The van der Waals surface area contributed by atoms with Gasteiger partial charge in [0.25, 0.3) is 5.91 Å². The number of hydrogen-bond donors (Lipinski definition) is 1. The zero-order valence-electron chi connectivity index (χ0n) is 19.1. The third-order valence-corrected chi connectivity index (χ3v) is 7.57. The van der Waals surface area contributed by atoms with E-state index in [1.807, 2.05) is 4.90 Å². The molecule has 6 rings (SSSR count). The first-order valence-electron chi connectivity index (χ1n) is 11.8. The monoisotopic (exact) mass is 484 g/mol. The fourth-order valence-electron chi connectivity index (χ4n) is 5.97. The first-order chi connectivity index (χ1) is 16.9. The van der Waals surface area contributed by atoms with Crippen LogP contribution in [0.3, 0.4) is 0 Å². The highest BCUT2D eigenvalue weighted by Gasteiger charge is 2.44. The van der Waals surface area contributed by atoms with Gasteiger partial charge in [-0.3, -0.25) is 4.79 Å². The van der Waals surface area contributed by atoms with Crippen molar-refractivity contribution >= 4 is 11.7 Å². The minimum absolute atomic E-state index is 0.0823. The summed E-state index contributed by atoms with van der Waals surface area (Å²) >= 11 is 0. The molecule has 3 atom stereocenters. The standard InChI is InChI=1S/C25H26F2N4O4/c1-12-7-18-14(4-5-21(29-18)35-25(26)27)22-13(12)3-2-6-31(22)24(32)20-8-15-16-9-33-10-17(16)23(28)30-19(15)11-34-20/h4-5,13,20,22,25H,1-3,6-11H2,(H2,28,30)/t13?,20-,22-/m1/s1. The molecule has 35 heavy (non-hydrogen) atoms. The number of fused-ring (bicyclic) bond motifs is 6. The molecule has 5 heterocycles. The van der Waals surface area contributed by atoms with Crippen LogP contribution in [0.5, 0.6) is 5.88 Å². The summed E-state index contributed by atoms with van der Waals surface area (Å²) in [7, 11) is 0. The van der Waals surface area contributed by atoms with Crippen LogP contribution in [0.25, 0.3) is 0 Å². The molecular weight excluding hydrogens is 458 g/mol. The van der Waals surface area contributed by atoms with E-state index in [-0.39, 0.29) is 30.4 Å². The Kier molecular flexibility index (Phi) is 5.45. The summed E-state index contributed by atoms with van der Waals surface area (Å²) in [4.78, 5) is 24.5. The smallest absolute Gasteiger partial charge is 0.388 e. The second-order valence-electron chi connectivity index (χ2n) is 9.50. The molecule has 1 aliphatic carbocycles. The molecule has 0 aromatic carbocycles. The Morgan fingerprint density at radius 1 is 1.17 bits per heavy atom. The van der Waals surface area contributed by atoms with Crippen molar-refractivity contribution in [1.29, 1.82) is 0 Å². The number of nitrogen functional groups attached to an aromatic ring is 1. The molecule has 1 amide bonds. The lowest BCUT2D eigenvalue weighted by atomic mass is 9.73. The zero-order valence-corrected chi connectivity index (χ0v) is 19.1. The van der Waals surface area contributed by atoms with Gasteiger partial charge in [-0.15, -0.1) is 0 Å². The second-order valence-corrected chi connectivity index (χ2v) is 9.50. The summed E-state index contributed by atoms with van der Waals surface area (Å²) < 4.78 is 41.5. The van der Waals surface area contributed by atoms with Crippen molar-refractivity contribution in [2.45, 2.75) is 64.3 Å². The number of alkyl halides is 2. The van der Waals surface area contributed by atoms with Gasteiger partial charge in [-0.1, -0.05) is 12.2 Å². The van der Waals surface area contributed by atoms with Gasteiger partial charge in [-0.05, 0) is 35.6 Å². The van der Waals surface area contributed by atoms with Crippen molar-refractivity contribution in [2.24, 2.45) is 5.92 Å². The van der Waals surface area contributed by atoms with Gasteiger partial charge >= 0.3 is 6.61 Å². The largest absolute Gasteiger partial charge is 0.417 e. The molecule has 1 unspecified atom stereocenters. The van der Waals surface area contributed by atoms with Crippen LogP contribution < -0.4 is 10.5 Å². The Morgan fingerprint density at radius 3 is 2.83 bits per heavy atom. The number of anilines is 1. The van der Waals surface area contributed by atoms with Crippen molar-refractivity contribution in [2.75, 3.05) is 12.3 Å². The number of hydrogen-bond acceptors (Lipinski definition) is 7. The van der Waals surface area contributed by atoms with Gasteiger partial charge in [-0.2, -0.15) is 8.78 Å². The maximum Gasteiger partial charge on any atom is 0.388 e. The highest BCUT2D eigenvalue weighted by atomic mass is 19.3. The van der Waals surface area contributed by atoms with Crippen molar-refractivity contribution < 1.29 is 27.8 Å². The van der Waals surface area contributed by atoms with Crippen molar-refractivity contribution in [3.8, 4) is 5.88 Å². The average molecular weight is 485 g/mol. The van der Waals surface area contributed by atoms with Crippen LogP contribution in [-0.2, 0) is 46.9 Å². The van der Waals surface area contributed by atoms with Gasteiger partial charge in [0.2, 0.25) is 5.88 Å². The molecule has 0 spiro atoms. The maximum atomic E-state index is 13.9. The normalized spacial score (nSPS) is 25.1. The van der Waals surface area contributed by atoms with E-state index in [1.165, 1.54) is 6.07 Å². The minimum atomic E-state index is -2.95. The summed E-state index contributed by atoms with van der Waals surface area (Å²) in [6.07, 6.45) is 2.00. The third kappa shape index (κ3) is 3.75. The number of carbonyl (C=O) groups excluding carboxylic acids is 1. The first kappa shape index (κ1) is 22.4. The number of likely N-dealkylation sites (tertiary alicyclic amines) is 1. The van der Waals surface area contributed by atoms with Gasteiger partial charge in [-0.25, -0.2) is 9.97 Å². The van der Waals surface area contributed by atoms with Crippen molar-refractivity contribution in [1.82, 2.24) is 14.9 Å². The summed E-state index contributed by atoms with van der Waals surface area (Å²) in [6, 6.07) is 2.94. The molecule has 1 saturated heterocycles. The van der Waals surface area contributed by atoms with Gasteiger partial charge < -0.3 is 24.8 Å². The predicted molar refractivity (Wildman–Crippen MR) is 120 cm³/mol. The molecule has 0 radical (unpaired) electrons. The average Bonchev–Trinajstić information content (AvgIpc) is 3.34. The molecule has 0 saturated carbocycles. The van der Waals surface area contributed by atoms with E-state index >= 15 is 0 Å². The molecular formula is C25H26F2N4O4. The van der Waals surface area contributed by atoms with Gasteiger partial charge in [0.15, 0.2) is 0 Å². The van der Waals surface area contributed by atoms with E-state index in [9.17, 15) is 13.6 Å². The molecule has 3 aliphatic heterocycles.